The van der Waals surface area contributed by atoms with Gasteiger partial charge in [0, 0.05) is 17.0 Å². The summed E-state index contributed by atoms with van der Waals surface area (Å²) in [4.78, 5) is 49.6. The molecule has 0 saturated carbocycles. The Kier molecular flexibility index (Phi) is 5.51. The van der Waals surface area contributed by atoms with E-state index in [2.05, 4.69) is 0 Å². The van der Waals surface area contributed by atoms with Gasteiger partial charge >= 0.3 is 12.1 Å². The summed E-state index contributed by atoms with van der Waals surface area (Å²) >= 11 is 0. The molecule has 2 aromatic rings. The van der Waals surface area contributed by atoms with E-state index in [-0.39, 0.29) is 28.1 Å². The number of aryl methyl sites for hydroxylation is 1. The maximum Gasteiger partial charge on any atom is 0.406 e. The highest BCUT2D eigenvalue weighted by Crippen LogP contribution is 2.24. The van der Waals surface area contributed by atoms with Gasteiger partial charge in [0.2, 0.25) is 5.78 Å². The quantitative estimate of drug-likeness (QED) is 0.406. The lowest BCUT2D eigenvalue weighted by molar-refractivity contribution is -0.142. The molecular weight excluding hydrogens is 405 g/mol. The second-order valence-corrected chi connectivity index (χ2v) is 6.81. The molecule has 30 heavy (non-hydrogen) atoms. The van der Waals surface area contributed by atoms with E-state index in [9.17, 15) is 32.3 Å². The van der Waals surface area contributed by atoms with E-state index in [0.29, 0.717) is 4.90 Å². The number of Topliss-reactive ketones (excluding diaryl/α,β-unsaturated/α-hetero) is 1. The molecule has 1 aliphatic rings. The predicted octanol–water partition coefficient (Wildman–Crippen LogP) is 2.69. The molecule has 0 saturated heterocycles. The van der Waals surface area contributed by atoms with Gasteiger partial charge in [0.1, 0.15) is 13.1 Å². The number of aromatic nitrogens is 1. The lowest BCUT2D eigenvalue weighted by atomic mass is 10.1. The molecule has 0 fully saturated rings. The average Bonchev–Trinajstić information content (AvgIpc) is 3.08. The van der Waals surface area contributed by atoms with E-state index >= 15 is 0 Å². The molecule has 2 amide bonds. The van der Waals surface area contributed by atoms with Crippen LogP contribution in [0.2, 0.25) is 0 Å². The third-order valence-corrected chi connectivity index (χ3v) is 4.74. The van der Waals surface area contributed by atoms with E-state index in [1.165, 1.54) is 32.0 Å². The molecule has 1 aromatic heterocycles. The van der Waals surface area contributed by atoms with Gasteiger partial charge in [-0.3, -0.25) is 24.1 Å². The molecule has 10 heteroatoms. The summed E-state index contributed by atoms with van der Waals surface area (Å²) in [6.07, 6.45) is -4.45. The van der Waals surface area contributed by atoms with Crippen molar-refractivity contribution in [2.75, 3.05) is 13.2 Å². The molecule has 1 aromatic carbocycles. The Bertz CT molecular complexity index is 1020. The highest BCUT2D eigenvalue weighted by molar-refractivity contribution is 6.22. The number of rotatable bonds is 6. The van der Waals surface area contributed by atoms with Crippen LogP contribution in [0.5, 0.6) is 0 Å². The lowest BCUT2D eigenvalue weighted by Crippen LogP contribution is -2.36. The van der Waals surface area contributed by atoms with Crippen LogP contribution in [0.1, 0.15) is 42.5 Å². The van der Waals surface area contributed by atoms with Crippen molar-refractivity contribution in [2.24, 2.45) is 0 Å². The molecule has 1 aliphatic heterocycles. The van der Waals surface area contributed by atoms with Gasteiger partial charge in [-0.05, 0) is 32.0 Å². The number of carbonyl (C=O) groups excluding carboxylic acids is 4. The van der Waals surface area contributed by atoms with Gasteiger partial charge in [0.25, 0.3) is 11.8 Å². The molecule has 158 valence electrons. The number of ketones is 1. The number of hydrogen-bond acceptors (Lipinski definition) is 5. The summed E-state index contributed by atoms with van der Waals surface area (Å²) in [5, 5.41) is 0. The van der Waals surface area contributed by atoms with Crippen molar-refractivity contribution in [2.45, 2.75) is 26.6 Å². The van der Waals surface area contributed by atoms with Crippen LogP contribution in [0.4, 0.5) is 13.2 Å². The summed E-state index contributed by atoms with van der Waals surface area (Å²) in [6.45, 7) is 0.166. The van der Waals surface area contributed by atoms with Crippen LogP contribution in [-0.4, -0.2) is 52.4 Å². The Morgan fingerprint density at radius 1 is 1.03 bits per heavy atom. The summed E-state index contributed by atoms with van der Waals surface area (Å²) < 4.78 is 43.9. The molecular formula is C20H17F3N2O5. The smallest absolute Gasteiger partial charge is 0.406 e. The molecule has 3 rings (SSSR count). The molecule has 0 unspecified atom stereocenters. The first-order chi connectivity index (χ1) is 14.0. The number of nitrogens with zero attached hydrogens (tertiary/aromatic N) is 2. The molecule has 0 bridgehead atoms. The van der Waals surface area contributed by atoms with Crippen LogP contribution in [0.3, 0.4) is 0 Å². The van der Waals surface area contributed by atoms with E-state index in [0.717, 1.165) is 4.57 Å². The monoisotopic (exact) mass is 422 g/mol. The second-order valence-electron chi connectivity index (χ2n) is 6.81. The summed E-state index contributed by atoms with van der Waals surface area (Å²) in [5.41, 5.74) is 0.689. The fourth-order valence-corrected chi connectivity index (χ4v) is 3.29. The first kappa shape index (κ1) is 21.3. The first-order valence-corrected chi connectivity index (χ1v) is 8.87. The Balaban J connectivity index is 1.62. The van der Waals surface area contributed by atoms with E-state index < -0.39 is 49.4 Å². The molecule has 2 heterocycles. The minimum Gasteiger partial charge on any atom is -0.456 e. The third kappa shape index (κ3) is 4.12. The Morgan fingerprint density at radius 2 is 1.60 bits per heavy atom. The van der Waals surface area contributed by atoms with Crippen molar-refractivity contribution in [3.8, 4) is 0 Å². The topological polar surface area (TPSA) is 85.7 Å². The number of carbonyl (C=O) groups is 4. The van der Waals surface area contributed by atoms with Gasteiger partial charge in [-0.2, -0.15) is 13.2 Å². The van der Waals surface area contributed by atoms with Gasteiger partial charge in [0.15, 0.2) is 6.61 Å². The minimum atomic E-state index is -4.45. The number of hydrogen-bond donors (Lipinski definition) is 0. The standard InChI is InChI=1S/C20H17F3N2O5/c1-11-7-15(12(2)25(11)10-20(21,22)23)16(26)9-30-17(27)8-24-18(28)13-5-3-4-6-14(13)19(24)29/h3-7H,8-10H2,1-2H3. The Labute approximate surface area is 169 Å². The number of benzene rings is 1. The van der Waals surface area contributed by atoms with Gasteiger partial charge in [-0.1, -0.05) is 12.1 Å². The summed E-state index contributed by atoms with van der Waals surface area (Å²) in [6, 6.07) is 7.38. The van der Waals surface area contributed by atoms with Crippen molar-refractivity contribution in [1.82, 2.24) is 9.47 Å². The number of alkyl halides is 3. The molecule has 0 N–H and O–H groups in total. The fraction of sp³-hybridized carbons (Fsp3) is 0.300. The SMILES string of the molecule is Cc1cc(C(=O)COC(=O)CN2C(=O)c3ccccc3C2=O)c(C)n1CC(F)(F)F. The molecule has 7 nitrogen and oxygen atoms in total. The van der Waals surface area contributed by atoms with E-state index in [1.807, 2.05) is 0 Å². The minimum absolute atomic E-state index is 0.00489. The fourth-order valence-electron chi connectivity index (χ4n) is 3.29. The van der Waals surface area contributed by atoms with Crippen LogP contribution in [0.25, 0.3) is 0 Å². The maximum atomic E-state index is 12.7. The summed E-state index contributed by atoms with van der Waals surface area (Å²) in [5.74, 6) is -2.96. The predicted molar refractivity (Wildman–Crippen MR) is 97.1 cm³/mol. The van der Waals surface area contributed by atoms with Crippen LogP contribution < -0.4 is 0 Å². The number of fused-ring (bicyclic) bond motifs is 1. The van der Waals surface area contributed by atoms with Crippen molar-refractivity contribution in [1.29, 1.82) is 0 Å². The van der Waals surface area contributed by atoms with Gasteiger partial charge in [-0.15, -0.1) is 0 Å². The zero-order valence-electron chi connectivity index (χ0n) is 16.1. The molecule has 0 atom stereocenters. The van der Waals surface area contributed by atoms with Crippen LogP contribution >= 0.6 is 0 Å². The highest BCUT2D eigenvalue weighted by atomic mass is 19.4. The zero-order valence-corrected chi connectivity index (χ0v) is 16.1. The second kappa shape index (κ2) is 7.77. The lowest BCUT2D eigenvalue weighted by Gasteiger charge is -2.13. The number of ether oxygens (including phenoxy) is 1. The maximum absolute atomic E-state index is 12.7. The van der Waals surface area contributed by atoms with Crippen LogP contribution in [-0.2, 0) is 16.1 Å². The van der Waals surface area contributed by atoms with Crippen molar-refractivity contribution >= 4 is 23.6 Å². The van der Waals surface area contributed by atoms with Gasteiger partial charge < -0.3 is 9.30 Å². The van der Waals surface area contributed by atoms with Crippen molar-refractivity contribution in [3.63, 3.8) is 0 Å². The normalized spacial score (nSPS) is 13.6. The van der Waals surface area contributed by atoms with Crippen molar-refractivity contribution in [3.05, 3.63) is 58.4 Å². The number of halogens is 3. The third-order valence-electron chi connectivity index (χ3n) is 4.74. The van der Waals surface area contributed by atoms with E-state index in [1.54, 1.807) is 12.1 Å². The molecule has 0 radical (unpaired) electrons. The highest BCUT2D eigenvalue weighted by Gasteiger charge is 2.36. The average molecular weight is 422 g/mol. The summed E-state index contributed by atoms with van der Waals surface area (Å²) in [7, 11) is 0. The van der Waals surface area contributed by atoms with Crippen LogP contribution in [0, 0.1) is 13.8 Å². The van der Waals surface area contributed by atoms with Crippen LogP contribution in [0.15, 0.2) is 30.3 Å². The Hall–Kier alpha value is -3.43. The Morgan fingerprint density at radius 3 is 2.13 bits per heavy atom. The van der Waals surface area contributed by atoms with Gasteiger partial charge in [-0.25, -0.2) is 0 Å². The largest absolute Gasteiger partial charge is 0.456 e. The van der Waals surface area contributed by atoms with Crippen molar-refractivity contribution < 1.29 is 37.1 Å². The van der Waals surface area contributed by atoms with Gasteiger partial charge in [0.05, 0.1) is 11.1 Å². The number of amides is 2. The first-order valence-electron chi connectivity index (χ1n) is 8.87. The number of esters is 1. The molecule has 0 spiro atoms. The molecule has 0 aliphatic carbocycles. The zero-order chi connectivity index (χ0) is 22.2. The van der Waals surface area contributed by atoms with E-state index in [4.69, 9.17) is 4.74 Å². The number of imide groups is 1.